The van der Waals surface area contributed by atoms with Crippen LogP contribution in [0.15, 0.2) is 22.7 Å². The quantitative estimate of drug-likeness (QED) is 0.717. The molecule has 0 aliphatic rings. The SMILES string of the molecule is CC.CC.Cc1cc2cc(N)ncc2o1. The second-order valence-corrected chi connectivity index (χ2v) is 2.50. The highest BCUT2D eigenvalue weighted by Gasteiger charge is 1.99. The van der Waals surface area contributed by atoms with Gasteiger partial charge in [0.25, 0.3) is 0 Å². The lowest BCUT2D eigenvalue weighted by molar-refractivity contribution is 0.577. The van der Waals surface area contributed by atoms with Gasteiger partial charge in [-0.15, -0.1) is 0 Å². The molecule has 0 amide bonds. The molecule has 3 heteroatoms. The van der Waals surface area contributed by atoms with Crippen LogP contribution in [0, 0.1) is 6.92 Å². The van der Waals surface area contributed by atoms with Crippen molar-refractivity contribution in [1.82, 2.24) is 4.98 Å². The molecule has 2 aromatic rings. The number of nitrogens with two attached hydrogens (primary N) is 1. The largest absolute Gasteiger partial charge is 0.460 e. The van der Waals surface area contributed by atoms with Crippen molar-refractivity contribution in [3.8, 4) is 0 Å². The van der Waals surface area contributed by atoms with Crippen molar-refractivity contribution in [2.24, 2.45) is 0 Å². The van der Waals surface area contributed by atoms with Gasteiger partial charge in [-0.2, -0.15) is 0 Å². The molecule has 0 saturated heterocycles. The summed E-state index contributed by atoms with van der Waals surface area (Å²) in [4.78, 5) is 3.90. The van der Waals surface area contributed by atoms with Crippen LogP contribution in [0.4, 0.5) is 5.82 Å². The Kier molecular flexibility index (Phi) is 6.18. The van der Waals surface area contributed by atoms with E-state index in [1.54, 1.807) is 12.3 Å². The molecular formula is C12H20N2O. The minimum Gasteiger partial charge on any atom is -0.460 e. The Hall–Kier alpha value is -1.51. The van der Waals surface area contributed by atoms with E-state index in [0.717, 1.165) is 16.7 Å². The molecule has 0 unspecified atom stereocenters. The number of hydrogen-bond acceptors (Lipinski definition) is 3. The van der Waals surface area contributed by atoms with Crippen LogP contribution in [0.1, 0.15) is 33.5 Å². The Bertz CT molecular complexity index is 393. The van der Waals surface area contributed by atoms with Crippen LogP contribution in [-0.2, 0) is 0 Å². The summed E-state index contributed by atoms with van der Waals surface area (Å²) in [5.41, 5.74) is 6.27. The normalized spacial score (nSPS) is 8.60. The standard InChI is InChI=1S/C8H8N2O.2C2H6/c1-5-2-6-3-8(9)10-4-7(6)11-5;2*1-2/h2-4H,1H3,(H2,9,10);2*1-2H3. The summed E-state index contributed by atoms with van der Waals surface area (Å²) in [7, 11) is 0. The average Bonchev–Trinajstić information content (AvgIpc) is 2.63. The van der Waals surface area contributed by atoms with Crippen LogP contribution < -0.4 is 5.73 Å². The number of furan rings is 1. The van der Waals surface area contributed by atoms with E-state index in [2.05, 4.69) is 4.98 Å². The van der Waals surface area contributed by atoms with Gasteiger partial charge in [0.2, 0.25) is 0 Å². The van der Waals surface area contributed by atoms with Gasteiger partial charge in [-0.05, 0) is 19.1 Å². The lowest BCUT2D eigenvalue weighted by Crippen LogP contribution is -1.86. The number of aryl methyl sites for hydroxylation is 1. The zero-order valence-electron chi connectivity index (χ0n) is 10.2. The summed E-state index contributed by atoms with van der Waals surface area (Å²) >= 11 is 0. The van der Waals surface area contributed by atoms with Crippen LogP contribution in [-0.4, -0.2) is 4.98 Å². The predicted octanol–water partition coefficient (Wildman–Crippen LogP) is 3.77. The highest BCUT2D eigenvalue weighted by Crippen LogP contribution is 2.18. The molecule has 0 atom stereocenters. The first-order chi connectivity index (χ1) is 7.25. The Morgan fingerprint density at radius 1 is 1.13 bits per heavy atom. The predicted molar refractivity (Wildman–Crippen MR) is 65.9 cm³/mol. The lowest BCUT2D eigenvalue weighted by atomic mass is 10.3. The van der Waals surface area contributed by atoms with E-state index in [9.17, 15) is 0 Å². The number of nitrogens with zero attached hydrogens (tertiary/aromatic N) is 1. The maximum Gasteiger partial charge on any atom is 0.152 e. The summed E-state index contributed by atoms with van der Waals surface area (Å²) < 4.78 is 5.30. The number of pyridine rings is 1. The summed E-state index contributed by atoms with van der Waals surface area (Å²) in [5.74, 6) is 1.41. The van der Waals surface area contributed by atoms with E-state index in [-0.39, 0.29) is 0 Å². The highest BCUT2D eigenvalue weighted by molar-refractivity contribution is 5.79. The fraction of sp³-hybridized carbons (Fsp3) is 0.417. The third-order valence-corrected chi connectivity index (χ3v) is 1.55. The summed E-state index contributed by atoms with van der Waals surface area (Å²) in [6.07, 6.45) is 1.64. The van der Waals surface area contributed by atoms with Gasteiger partial charge in [-0.1, -0.05) is 27.7 Å². The molecule has 15 heavy (non-hydrogen) atoms. The molecule has 2 aromatic heterocycles. The number of aromatic nitrogens is 1. The van der Waals surface area contributed by atoms with Gasteiger partial charge < -0.3 is 10.2 Å². The number of fused-ring (bicyclic) bond motifs is 1. The van der Waals surface area contributed by atoms with Crippen molar-refractivity contribution >= 4 is 16.8 Å². The van der Waals surface area contributed by atoms with Crippen molar-refractivity contribution in [1.29, 1.82) is 0 Å². The molecule has 3 nitrogen and oxygen atoms in total. The average molecular weight is 208 g/mol. The summed E-state index contributed by atoms with van der Waals surface area (Å²) in [6.45, 7) is 9.90. The Morgan fingerprint density at radius 2 is 1.73 bits per heavy atom. The molecule has 0 radical (unpaired) electrons. The first kappa shape index (κ1) is 13.5. The highest BCUT2D eigenvalue weighted by atomic mass is 16.3. The van der Waals surface area contributed by atoms with Crippen molar-refractivity contribution in [2.45, 2.75) is 34.6 Å². The van der Waals surface area contributed by atoms with Crippen molar-refractivity contribution in [2.75, 3.05) is 5.73 Å². The van der Waals surface area contributed by atoms with Gasteiger partial charge in [0.05, 0.1) is 6.20 Å². The van der Waals surface area contributed by atoms with Crippen LogP contribution in [0.2, 0.25) is 0 Å². The smallest absolute Gasteiger partial charge is 0.152 e. The number of hydrogen-bond donors (Lipinski definition) is 1. The second kappa shape index (κ2) is 6.87. The maximum atomic E-state index is 5.48. The number of nitrogen functional groups attached to an aromatic ring is 1. The molecule has 84 valence electrons. The minimum absolute atomic E-state index is 0.526. The van der Waals surface area contributed by atoms with Crippen molar-refractivity contribution in [3.05, 3.63) is 24.1 Å². The monoisotopic (exact) mass is 208 g/mol. The molecule has 0 aliphatic heterocycles. The third-order valence-electron chi connectivity index (χ3n) is 1.55. The second-order valence-electron chi connectivity index (χ2n) is 2.50. The van der Waals surface area contributed by atoms with E-state index in [1.165, 1.54) is 0 Å². The molecule has 0 aromatic carbocycles. The van der Waals surface area contributed by atoms with Crippen LogP contribution in [0.5, 0.6) is 0 Å². The zero-order chi connectivity index (χ0) is 11.8. The molecule has 0 fully saturated rings. The third kappa shape index (κ3) is 3.62. The minimum atomic E-state index is 0.526. The lowest BCUT2D eigenvalue weighted by Gasteiger charge is -1.88. The van der Waals surface area contributed by atoms with E-state index in [0.29, 0.717) is 5.82 Å². The van der Waals surface area contributed by atoms with Gasteiger partial charge >= 0.3 is 0 Å². The number of rotatable bonds is 0. The van der Waals surface area contributed by atoms with E-state index in [4.69, 9.17) is 10.2 Å². The van der Waals surface area contributed by atoms with Gasteiger partial charge in [-0.25, -0.2) is 4.98 Å². The summed E-state index contributed by atoms with van der Waals surface area (Å²) in [6, 6.07) is 3.74. The molecular weight excluding hydrogens is 188 g/mol. The molecule has 0 aliphatic carbocycles. The molecule has 0 spiro atoms. The first-order valence-corrected chi connectivity index (χ1v) is 5.37. The van der Waals surface area contributed by atoms with Crippen molar-refractivity contribution < 1.29 is 4.42 Å². The van der Waals surface area contributed by atoms with Crippen LogP contribution in [0.25, 0.3) is 11.0 Å². The van der Waals surface area contributed by atoms with E-state index >= 15 is 0 Å². The fourth-order valence-corrected chi connectivity index (χ4v) is 1.10. The Morgan fingerprint density at radius 3 is 2.33 bits per heavy atom. The molecule has 2 heterocycles. The zero-order valence-corrected chi connectivity index (χ0v) is 10.2. The Labute approximate surface area is 91.3 Å². The molecule has 0 bridgehead atoms. The molecule has 2 rings (SSSR count). The summed E-state index contributed by atoms with van der Waals surface area (Å²) in [5, 5.41) is 1.01. The molecule has 0 saturated carbocycles. The topological polar surface area (TPSA) is 52.0 Å². The van der Waals surface area contributed by atoms with Crippen LogP contribution in [0.3, 0.4) is 0 Å². The molecule has 2 N–H and O–H groups in total. The van der Waals surface area contributed by atoms with Gasteiger partial charge in [0.15, 0.2) is 5.58 Å². The van der Waals surface area contributed by atoms with Gasteiger partial charge in [0.1, 0.15) is 11.6 Å². The number of anilines is 1. The van der Waals surface area contributed by atoms with Crippen molar-refractivity contribution in [3.63, 3.8) is 0 Å². The van der Waals surface area contributed by atoms with Gasteiger partial charge in [-0.3, -0.25) is 0 Å². The van der Waals surface area contributed by atoms with E-state index in [1.807, 2.05) is 40.7 Å². The van der Waals surface area contributed by atoms with Gasteiger partial charge in [0, 0.05) is 5.39 Å². The van der Waals surface area contributed by atoms with E-state index < -0.39 is 0 Å². The van der Waals surface area contributed by atoms with Crippen LogP contribution >= 0.6 is 0 Å². The fourth-order valence-electron chi connectivity index (χ4n) is 1.10. The first-order valence-electron chi connectivity index (χ1n) is 5.37. The Balaban J connectivity index is 0.000000442. The maximum absolute atomic E-state index is 5.48.